The molecule has 0 spiro atoms. The molecule has 3 nitrogen and oxygen atoms in total. The molecule has 296 valence electrons. The Morgan fingerprint density at radius 3 is 1.79 bits per heavy atom. The molecule has 0 radical (unpaired) electrons. The summed E-state index contributed by atoms with van der Waals surface area (Å²) < 4.78 is 4.89. The van der Waals surface area contributed by atoms with E-state index in [1.165, 1.54) is 82.4 Å². The van der Waals surface area contributed by atoms with E-state index in [4.69, 9.17) is 4.98 Å². The Bertz CT molecular complexity index is 3750. The molecule has 0 saturated carbocycles. The molecule has 3 heteroatoms. The quantitative estimate of drug-likeness (QED) is 0.170. The summed E-state index contributed by atoms with van der Waals surface area (Å²) in [5.74, 6) is 0.886. The fourth-order valence-electron chi connectivity index (χ4n) is 10.7. The monoisotopic (exact) mass is 803 g/mol. The molecule has 3 heterocycles. The van der Waals surface area contributed by atoms with Gasteiger partial charge in [0.15, 0.2) is 0 Å². The lowest BCUT2D eigenvalue weighted by molar-refractivity contribution is 0.660. The third-order valence-corrected chi connectivity index (χ3v) is 13.7. The molecule has 0 fully saturated rings. The predicted molar refractivity (Wildman–Crippen MR) is 264 cm³/mol. The summed E-state index contributed by atoms with van der Waals surface area (Å²) in [7, 11) is 0. The van der Waals surface area contributed by atoms with Crippen LogP contribution < -0.4 is 0 Å². The van der Waals surface area contributed by atoms with Crippen LogP contribution in [0, 0.1) is 0 Å². The molecule has 12 aromatic rings. The van der Waals surface area contributed by atoms with E-state index in [2.05, 4.69) is 235 Å². The second-order valence-corrected chi connectivity index (χ2v) is 17.5. The molecule has 0 aliphatic heterocycles. The first-order valence-electron chi connectivity index (χ1n) is 21.9. The van der Waals surface area contributed by atoms with Crippen molar-refractivity contribution in [3.8, 4) is 56.1 Å². The highest BCUT2D eigenvalue weighted by atomic mass is 15.1. The molecule has 0 atom stereocenters. The number of aromatic nitrogens is 3. The summed E-state index contributed by atoms with van der Waals surface area (Å²) in [4.78, 5) is 5.52. The Morgan fingerprint density at radius 2 is 1.00 bits per heavy atom. The Labute approximate surface area is 365 Å². The van der Waals surface area contributed by atoms with Gasteiger partial charge in [-0.3, -0.25) is 4.57 Å². The minimum atomic E-state index is -0.0939. The second kappa shape index (κ2) is 13.5. The van der Waals surface area contributed by atoms with Crippen LogP contribution >= 0.6 is 0 Å². The maximum absolute atomic E-state index is 5.52. The molecule has 1 aliphatic carbocycles. The summed E-state index contributed by atoms with van der Waals surface area (Å²) in [5, 5.41) is 7.29. The van der Waals surface area contributed by atoms with Crippen molar-refractivity contribution in [3.05, 3.63) is 223 Å². The molecule has 3 aromatic heterocycles. The van der Waals surface area contributed by atoms with Crippen molar-refractivity contribution in [2.75, 3.05) is 0 Å². The molecule has 13 rings (SSSR count). The maximum atomic E-state index is 5.52. The van der Waals surface area contributed by atoms with E-state index >= 15 is 0 Å². The first kappa shape index (κ1) is 35.7. The number of para-hydroxylation sites is 2. The van der Waals surface area contributed by atoms with Crippen LogP contribution in [0.3, 0.4) is 0 Å². The lowest BCUT2D eigenvalue weighted by Gasteiger charge is -2.22. The minimum Gasteiger partial charge on any atom is -0.309 e. The van der Waals surface area contributed by atoms with Crippen molar-refractivity contribution in [2.45, 2.75) is 19.3 Å². The van der Waals surface area contributed by atoms with Gasteiger partial charge < -0.3 is 4.57 Å². The number of nitrogens with zero attached hydrogens (tertiary/aromatic N) is 3. The molecule has 63 heavy (non-hydrogen) atoms. The Kier molecular flexibility index (Phi) is 7.65. The van der Waals surface area contributed by atoms with Gasteiger partial charge in [-0.1, -0.05) is 172 Å². The van der Waals surface area contributed by atoms with Crippen LogP contribution in [0.1, 0.15) is 25.0 Å². The van der Waals surface area contributed by atoms with Crippen molar-refractivity contribution < 1.29 is 0 Å². The van der Waals surface area contributed by atoms with Gasteiger partial charge in [0.1, 0.15) is 5.82 Å². The maximum Gasteiger partial charge on any atom is 0.138 e. The molecule has 0 unspecified atom stereocenters. The molecule has 0 amide bonds. The van der Waals surface area contributed by atoms with Gasteiger partial charge in [0.05, 0.1) is 27.8 Å². The molecular weight excluding hydrogens is 763 g/mol. The number of hydrogen-bond acceptors (Lipinski definition) is 1. The summed E-state index contributed by atoms with van der Waals surface area (Å²) >= 11 is 0. The number of rotatable bonds is 5. The van der Waals surface area contributed by atoms with Gasteiger partial charge in [-0.15, -0.1) is 0 Å². The zero-order valence-electron chi connectivity index (χ0n) is 35.0. The average molecular weight is 804 g/mol. The standard InChI is InChI=1S/C60H41N3/c1-60(2)51-26-14-11-23-45(51)46-31-30-43(37-52(46)60)62-54-27-15-12-24-47(54)49-34-41(29-32-56(49)62)58-44-22-10-9-21-40(44)33-50-48-25-13-16-28-55(48)63(59(50)58)57-36-42(38-17-5-3-6-18-38)35-53(61-57)39-19-7-4-8-20-39/h3-37H,1-2H3. The first-order valence-corrected chi connectivity index (χ1v) is 21.9. The van der Waals surface area contributed by atoms with Crippen molar-refractivity contribution in [1.29, 1.82) is 0 Å². The SMILES string of the molecule is CC1(C)c2ccccc2-c2ccc(-n3c4ccccc4c4cc(-c5c6ccccc6cc6c7ccccc7n(-c7cc(-c8ccccc8)cc(-c8ccccc8)n7)c56)ccc43)cc21. The van der Waals surface area contributed by atoms with Gasteiger partial charge in [-0.2, -0.15) is 0 Å². The second-order valence-electron chi connectivity index (χ2n) is 17.5. The van der Waals surface area contributed by atoms with Gasteiger partial charge in [0.25, 0.3) is 0 Å². The summed E-state index contributed by atoms with van der Waals surface area (Å²) in [6.45, 7) is 4.72. The zero-order valence-corrected chi connectivity index (χ0v) is 35.0. The highest BCUT2D eigenvalue weighted by molar-refractivity contribution is 6.22. The van der Waals surface area contributed by atoms with Crippen LogP contribution in [-0.4, -0.2) is 14.1 Å². The zero-order chi connectivity index (χ0) is 41.8. The van der Waals surface area contributed by atoms with Crippen molar-refractivity contribution in [2.24, 2.45) is 0 Å². The fourth-order valence-corrected chi connectivity index (χ4v) is 10.7. The molecule has 0 saturated heterocycles. The molecular formula is C60H41N3. The lowest BCUT2D eigenvalue weighted by Crippen LogP contribution is -2.15. The van der Waals surface area contributed by atoms with Gasteiger partial charge in [-0.25, -0.2) is 4.98 Å². The van der Waals surface area contributed by atoms with E-state index in [0.29, 0.717) is 0 Å². The van der Waals surface area contributed by atoms with Crippen LogP contribution in [0.15, 0.2) is 212 Å². The van der Waals surface area contributed by atoms with Gasteiger partial charge in [0.2, 0.25) is 0 Å². The third-order valence-electron chi connectivity index (χ3n) is 13.7. The molecule has 9 aromatic carbocycles. The Morgan fingerprint density at radius 1 is 0.381 bits per heavy atom. The van der Waals surface area contributed by atoms with E-state index in [1.54, 1.807) is 0 Å². The Hall–Kier alpha value is -8.01. The number of benzene rings is 9. The summed E-state index contributed by atoms with van der Waals surface area (Å²) in [6.07, 6.45) is 0. The molecule has 1 aliphatic rings. The van der Waals surface area contributed by atoms with Crippen LogP contribution in [-0.2, 0) is 5.41 Å². The molecule has 0 N–H and O–H groups in total. The van der Waals surface area contributed by atoms with Crippen LogP contribution in [0.2, 0.25) is 0 Å². The van der Waals surface area contributed by atoms with E-state index < -0.39 is 0 Å². The van der Waals surface area contributed by atoms with Crippen LogP contribution in [0.5, 0.6) is 0 Å². The van der Waals surface area contributed by atoms with E-state index in [-0.39, 0.29) is 5.41 Å². The number of fused-ring (bicyclic) bond motifs is 10. The third kappa shape index (κ3) is 5.30. The highest BCUT2D eigenvalue weighted by Gasteiger charge is 2.35. The smallest absolute Gasteiger partial charge is 0.138 e. The number of pyridine rings is 1. The van der Waals surface area contributed by atoms with Gasteiger partial charge in [-0.05, 0) is 104 Å². The van der Waals surface area contributed by atoms with E-state index in [0.717, 1.165) is 39.2 Å². The average Bonchev–Trinajstić information content (AvgIpc) is 3.93. The minimum absolute atomic E-state index is 0.0939. The van der Waals surface area contributed by atoms with E-state index in [9.17, 15) is 0 Å². The number of hydrogen-bond donors (Lipinski definition) is 0. The molecule has 0 bridgehead atoms. The normalized spacial score (nSPS) is 13.0. The Balaban J connectivity index is 1.09. The van der Waals surface area contributed by atoms with Gasteiger partial charge >= 0.3 is 0 Å². The summed E-state index contributed by atoms with van der Waals surface area (Å²) in [6, 6.07) is 77.8. The van der Waals surface area contributed by atoms with Crippen LogP contribution in [0.4, 0.5) is 0 Å². The van der Waals surface area contributed by atoms with Crippen molar-refractivity contribution >= 4 is 54.4 Å². The summed E-state index contributed by atoms with van der Waals surface area (Å²) in [5.41, 5.74) is 17.9. The van der Waals surface area contributed by atoms with E-state index in [1.807, 2.05) is 0 Å². The highest BCUT2D eigenvalue weighted by Crippen LogP contribution is 2.50. The van der Waals surface area contributed by atoms with Crippen molar-refractivity contribution in [3.63, 3.8) is 0 Å². The fraction of sp³-hybridized carbons (Fsp3) is 0.0500. The largest absolute Gasteiger partial charge is 0.309 e. The van der Waals surface area contributed by atoms with Crippen molar-refractivity contribution in [1.82, 2.24) is 14.1 Å². The topological polar surface area (TPSA) is 22.8 Å². The lowest BCUT2D eigenvalue weighted by atomic mass is 9.82. The van der Waals surface area contributed by atoms with Crippen LogP contribution in [0.25, 0.3) is 111 Å². The predicted octanol–water partition coefficient (Wildman–Crippen LogP) is 15.7. The first-order chi connectivity index (χ1) is 31.0. The van der Waals surface area contributed by atoms with Gasteiger partial charge in [0, 0.05) is 43.8 Å².